The Balaban J connectivity index is 1.35. The number of nitrogens with zero attached hydrogens (tertiary/aromatic N) is 8. The molecule has 5 heterocycles. The minimum atomic E-state index is 0.700. The van der Waals surface area contributed by atoms with Gasteiger partial charge in [0.25, 0.3) is 0 Å². The van der Waals surface area contributed by atoms with Gasteiger partial charge in [-0.15, -0.1) is 0 Å². The van der Waals surface area contributed by atoms with Gasteiger partial charge in [-0.05, 0) is 18.2 Å². The van der Waals surface area contributed by atoms with Gasteiger partial charge in [0.15, 0.2) is 17.3 Å². The molecular formula is C17H17N9. The second-order valence-corrected chi connectivity index (χ2v) is 6.08. The average Bonchev–Trinajstić information content (AvgIpc) is 3.40. The number of hydrogen-bond donors (Lipinski definition) is 1. The fraction of sp³-hybridized carbons (Fsp3) is 0.235. The highest BCUT2D eigenvalue weighted by molar-refractivity contribution is 5.82. The summed E-state index contributed by atoms with van der Waals surface area (Å²) in [7, 11) is 0. The summed E-state index contributed by atoms with van der Waals surface area (Å²) in [5, 5.41) is 4.25. The standard InChI is InChI=1S/C17H17N9/c1-3-13(23-14(4-1)26-6-2-5-22-26)24-7-9-25(10-8-24)17-15-16(19-11-18-15)20-12-21-17/h1-6,11-12H,7-10H2,(H,18,19,20,21). The number of nitrogens with one attached hydrogen (secondary N) is 1. The summed E-state index contributed by atoms with van der Waals surface area (Å²) < 4.78 is 1.77. The van der Waals surface area contributed by atoms with Gasteiger partial charge in [0.05, 0.1) is 6.33 Å². The van der Waals surface area contributed by atoms with Gasteiger partial charge in [-0.2, -0.15) is 5.10 Å². The van der Waals surface area contributed by atoms with Crippen LogP contribution in [-0.2, 0) is 0 Å². The van der Waals surface area contributed by atoms with Crippen molar-refractivity contribution in [1.29, 1.82) is 0 Å². The maximum atomic E-state index is 4.74. The van der Waals surface area contributed by atoms with Crippen molar-refractivity contribution in [1.82, 2.24) is 34.7 Å². The van der Waals surface area contributed by atoms with Crippen molar-refractivity contribution in [3.63, 3.8) is 0 Å². The molecule has 9 nitrogen and oxygen atoms in total. The highest BCUT2D eigenvalue weighted by atomic mass is 15.3. The van der Waals surface area contributed by atoms with Crippen molar-refractivity contribution in [2.45, 2.75) is 0 Å². The molecule has 1 saturated heterocycles. The first-order valence-corrected chi connectivity index (χ1v) is 8.49. The lowest BCUT2D eigenvalue weighted by Gasteiger charge is -2.36. The zero-order valence-corrected chi connectivity index (χ0v) is 14.0. The molecule has 0 unspecified atom stereocenters. The molecule has 5 rings (SSSR count). The van der Waals surface area contributed by atoms with Crippen LogP contribution in [0, 0.1) is 0 Å². The quantitative estimate of drug-likeness (QED) is 0.596. The number of fused-ring (bicyclic) bond motifs is 1. The average molecular weight is 347 g/mol. The number of aromatic amines is 1. The van der Waals surface area contributed by atoms with Crippen molar-refractivity contribution in [2.24, 2.45) is 0 Å². The van der Waals surface area contributed by atoms with Crippen LogP contribution in [0.2, 0.25) is 0 Å². The zero-order chi connectivity index (χ0) is 17.3. The first-order valence-electron chi connectivity index (χ1n) is 8.49. The fourth-order valence-corrected chi connectivity index (χ4v) is 3.26. The number of pyridine rings is 1. The number of anilines is 2. The smallest absolute Gasteiger partial charge is 0.182 e. The summed E-state index contributed by atoms with van der Waals surface area (Å²) in [4.78, 5) is 25.3. The van der Waals surface area contributed by atoms with E-state index in [1.54, 1.807) is 23.5 Å². The number of imidazole rings is 1. The van der Waals surface area contributed by atoms with Gasteiger partial charge >= 0.3 is 0 Å². The molecule has 1 aliphatic heterocycles. The lowest BCUT2D eigenvalue weighted by molar-refractivity contribution is 0.641. The lowest BCUT2D eigenvalue weighted by Crippen LogP contribution is -2.47. The largest absolute Gasteiger partial charge is 0.353 e. The van der Waals surface area contributed by atoms with E-state index in [4.69, 9.17) is 4.98 Å². The minimum Gasteiger partial charge on any atom is -0.353 e. The maximum absolute atomic E-state index is 4.74. The lowest BCUT2D eigenvalue weighted by atomic mass is 10.3. The van der Waals surface area contributed by atoms with E-state index in [1.165, 1.54) is 0 Å². The second kappa shape index (κ2) is 6.10. The molecule has 0 bridgehead atoms. The van der Waals surface area contributed by atoms with Crippen LogP contribution in [0.15, 0.2) is 49.3 Å². The van der Waals surface area contributed by atoms with Crippen molar-refractivity contribution in [3.05, 3.63) is 49.3 Å². The molecule has 0 aliphatic carbocycles. The van der Waals surface area contributed by atoms with Crippen molar-refractivity contribution in [2.75, 3.05) is 36.0 Å². The van der Waals surface area contributed by atoms with Gasteiger partial charge in [-0.1, -0.05) is 6.07 Å². The molecule has 1 fully saturated rings. The summed E-state index contributed by atoms with van der Waals surface area (Å²) >= 11 is 0. The normalized spacial score (nSPS) is 14.9. The monoisotopic (exact) mass is 347 g/mol. The third-order valence-electron chi connectivity index (χ3n) is 4.56. The Labute approximate surface area is 149 Å². The van der Waals surface area contributed by atoms with Crippen molar-refractivity contribution >= 4 is 22.8 Å². The number of H-pyrrole nitrogens is 1. The summed E-state index contributed by atoms with van der Waals surface area (Å²) in [6.45, 7) is 3.46. The van der Waals surface area contributed by atoms with Crippen LogP contribution in [0.25, 0.3) is 17.0 Å². The van der Waals surface area contributed by atoms with Gasteiger partial charge in [0, 0.05) is 38.6 Å². The summed E-state index contributed by atoms with van der Waals surface area (Å²) in [5.74, 6) is 2.70. The molecule has 1 aliphatic rings. The van der Waals surface area contributed by atoms with E-state index in [-0.39, 0.29) is 0 Å². The van der Waals surface area contributed by atoms with Crippen LogP contribution >= 0.6 is 0 Å². The third-order valence-corrected chi connectivity index (χ3v) is 4.56. The van der Waals surface area contributed by atoms with Crippen LogP contribution < -0.4 is 9.80 Å². The molecule has 26 heavy (non-hydrogen) atoms. The zero-order valence-electron chi connectivity index (χ0n) is 14.0. The number of hydrogen-bond acceptors (Lipinski definition) is 7. The Morgan fingerprint density at radius 1 is 0.885 bits per heavy atom. The van der Waals surface area contributed by atoms with E-state index < -0.39 is 0 Å². The second-order valence-electron chi connectivity index (χ2n) is 6.08. The molecule has 0 amide bonds. The van der Waals surface area contributed by atoms with Crippen LogP contribution in [0.4, 0.5) is 11.6 Å². The van der Waals surface area contributed by atoms with Crippen molar-refractivity contribution in [3.8, 4) is 5.82 Å². The van der Waals surface area contributed by atoms with E-state index in [9.17, 15) is 0 Å². The topological polar surface area (TPSA) is 91.7 Å². The van der Waals surface area contributed by atoms with Crippen LogP contribution in [-0.4, -0.2) is 60.9 Å². The summed E-state index contributed by atoms with van der Waals surface area (Å²) in [6, 6.07) is 7.92. The highest BCUT2D eigenvalue weighted by Gasteiger charge is 2.21. The van der Waals surface area contributed by atoms with E-state index in [0.717, 1.165) is 49.1 Å². The Bertz CT molecular complexity index is 1020. The molecule has 0 radical (unpaired) electrons. The maximum Gasteiger partial charge on any atom is 0.182 e. The molecule has 4 aromatic rings. The van der Waals surface area contributed by atoms with Gasteiger partial charge in [0.1, 0.15) is 17.7 Å². The van der Waals surface area contributed by atoms with Gasteiger partial charge in [-0.3, -0.25) is 0 Å². The molecule has 0 spiro atoms. The number of piperazine rings is 1. The van der Waals surface area contributed by atoms with Crippen LogP contribution in [0.5, 0.6) is 0 Å². The predicted octanol–water partition coefficient (Wildman–Crippen LogP) is 1.26. The molecule has 0 aromatic carbocycles. The van der Waals surface area contributed by atoms with Crippen LogP contribution in [0.3, 0.4) is 0 Å². The third kappa shape index (κ3) is 2.53. The Kier molecular flexibility index (Phi) is 3.48. The molecule has 0 saturated carbocycles. The van der Waals surface area contributed by atoms with E-state index in [0.29, 0.717) is 5.65 Å². The molecular weight excluding hydrogens is 330 g/mol. The molecule has 9 heteroatoms. The van der Waals surface area contributed by atoms with E-state index >= 15 is 0 Å². The number of aromatic nitrogens is 7. The first kappa shape index (κ1) is 14.8. The molecule has 0 atom stereocenters. The Morgan fingerprint density at radius 3 is 2.58 bits per heavy atom. The minimum absolute atomic E-state index is 0.700. The molecule has 130 valence electrons. The Morgan fingerprint density at radius 2 is 1.73 bits per heavy atom. The van der Waals surface area contributed by atoms with Crippen molar-refractivity contribution < 1.29 is 0 Å². The molecule has 4 aromatic heterocycles. The summed E-state index contributed by atoms with van der Waals surface area (Å²) in [6.07, 6.45) is 6.88. The number of rotatable bonds is 3. The molecule has 1 N–H and O–H groups in total. The fourth-order valence-electron chi connectivity index (χ4n) is 3.26. The van der Waals surface area contributed by atoms with Gasteiger partial charge < -0.3 is 14.8 Å². The van der Waals surface area contributed by atoms with E-state index in [1.807, 2.05) is 30.5 Å². The summed E-state index contributed by atoms with van der Waals surface area (Å²) in [5.41, 5.74) is 1.59. The van der Waals surface area contributed by atoms with Crippen LogP contribution in [0.1, 0.15) is 0 Å². The first-order chi connectivity index (χ1) is 12.9. The SMILES string of the molecule is c1cc(N2CCN(c3ncnc4nc[nH]c34)CC2)nc(-n2cccn2)c1. The predicted molar refractivity (Wildman–Crippen MR) is 97.5 cm³/mol. The van der Waals surface area contributed by atoms with E-state index in [2.05, 4.69) is 34.8 Å². The van der Waals surface area contributed by atoms with Gasteiger partial charge in [0.2, 0.25) is 0 Å². The Hall–Kier alpha value is -3.49. The van der Waals surface area contributed by atoms with Gasteiger partial charge in [-0.25, -0.2) is 24.6 Å². The highest BCUT2D eigenvalue weighted by Crippen LogP contribution is 2.22.